The third-order valence-corrected chi connectivity index (χ3v) is 1.52. The van der Waals surface area contributed by atoms with Gasteiger partial charge in [-0.05, 0) is 6.42 Å². The predicted molar refractivity (Wildman–Crippen MR) is 38.6 cm³/mol. The molecule has 0 aliphatic heterocycles. The third-order valence-electron chi connectivity index (χ3n) is 1.52. The van der Waals surface area contributed by atoms with Crippen LogP contribution in [-0.4, -0.2) is 40.4 Å². The molecule has 0 saturated carbocycles. The van der Waals surface area contributed by atoms with Crippen LogP contribution in [0.25, 0.3) is 0 Å². The molecule has 0 aromatic rings. The molecule has 1 amide bonds. The van der Waals surface area contributed by atoms with Gasteiger partial charge in [0.1, 0.15) is 6.04 Å². The Bertz CT molecular complexity index is 181. The van der Waals surface area contributed by atoms with E-state index in [4.69, 9.17) is 10.4 Å². The number of hydrogen-bond acceptors (Lipinski definition) is 4. The number of rotatable bonds is 3. The fourth-order valence-electron chi connectivity index (χ4n) is 0.793. The van der Waals surface area contributed by atoms with E-state index < -0.39 is 18.1 Å². The minimum atomic E-state index is -1.24. The average Bonchev–Trinajstić information content (AvgIpc) is 2.05. The van der Waals surface area contributed by atoms with Crippen molar-refractivity contribution in [2.24, 2.45) is 0 Å². The van der Waals surface area contributed by atoms with Crippen LogP contribution in [0.1, 0.15) is 13.3 Å². The van der Waals surface area contributed by atoms with Gasteiger partial charge >= 0.3 is 12.1 Å². The highest BCUT2D eigenvalue weighted by Crippen LogP contribution is 2.03. The summed E-state index contributed by atoms with van der Waals surface area (Å²) >= 11 is 0. The third kappa shape index (κ3) is 2.39. The smallest absolute Gasteiger partial charge is 0.407 e. The zero-order valence-corrected chi connectivity index (χ0v) is 6.85. The second kappa shape index (κ2) is 4.55. The lowest BCUT2D eigenvalue weighted by molar-refractivity contribution is -0.238. The van der Waals surface area contributed by atoms with Crippen LogP contribution < -0.4 is 0 Å². The second-order valence-electron chi connectivity index (χ2n) is 2.23. The van der Waals surface area contributed by atoms with Gasteiger partial charge in [-0.25, -0.2) is 9.59 Å². The number of carbonyl (C=O) groups is 2. The quantitative estimate of drug-likeness (QED) is 0.481. The molecular weight excluding hydrogens is 166 g/mol. The van der Waals surface area contributed by atoms with Gasteiger partial charge in [0.2, 0.25) is 0 Å². The Morgan fingerprint density at radius 3 is 2.33 bits per heavy atom. The van der Waals surface area contributed by atoms with Crippen LogP contribution in [0.2, 0.25) is 0 Å². The molecule has 0 unspecified atom stereocenters. The molecule has 12 heavy (non-hydrogen) atoms. The molecule has 0 aliphatic rings. The van der Waals surface area contributed by atoms with Gasteiger partial charge in [-0.3, -0.25) is 9.79 Å². The SMILES string of the molecule is CC[C@@H](C(=O)OO)N(C)C(=O)O. The van der Waals surface area contributed by atoms with E-state index in [9.17, 15) is 9.59 Å². The number of nitrogens with zero attached hydrogens (tertiary/aromatic N) is 1. The summed E-state index contributed by atoms with van der Waals surface area (Å²) in [6, 6.07) is -0.951. The fraction of sp³-hybridized carbons (Fsp3) is 0.667. The first-order chi connectivity index (χ1) is 5.54. The monoisotopic (exact) mass is 177 g/mol. The van der Waals surface area contributed by atoms with Crippen molar-refractivity contribution in [3.05, 3.63) is 0 Å². The van der Waals surface area contributed by atoms with E-state index in [1.165, 1.54) is 7.05 Å². The maximum atomic E-state index is 10.7. The molecule has 6 nitrogen and oxygen atoms in total. The Morgan fingerprint density at radius 2 is 2.08 bits per heavy atom. The summed E-state index contributed by atoms with van der Waals surface area (Å²) in [7, 11) is 1.23. The second-order valence-corrected chi connectivity index (χ2v) is 2.23. The van der Waals surface area contributed by atoms with Crippen LogP contribution in [0, 0.1) is 0 Å². The van der Waals surface area contributed by atoms with Crippen LogP contribution in [0.5, 0.6) is 0 Å². The molecule has 70 valence electrons. The molecule has 2 N–H and O–H groups in total. The largest absolute Gasteiger partial charge is 0.465 e. The minimum absolute atomic E-state index is 0.252. The molecule has 0 aromatic carbocycles. The highest BCUT2D eigenvalue weighted by molar-refractivity contribution is 5.80. The maximum absolute atomic E-state index is 10.7. The van der Waals surface area contributed by atoms with E-state index in [1.54, 1.807) is 6.92 Å². The van der Waals surface area contributed by atoms with Crippen molar-refractivity contribution in [1.82, 2.24) is 4.90 Å². The number of hydrogen-bond donors (Lipinski definition) is 2. The first kappa shape index (κ1) is 10.7. The zero-order valence-electron chi connectivity index (χ0n) is 6.85. The van der Waals surface area contributed by atoms with Gasteiger partial charge in [0.05, 0.1) is 0 Å². The lowest BCUT2D eigenvalue weighted by atomic mass is 10.2. The van der Waals surface area contributed by atoms with Gasteiger partial charge in [-0.15, -0.1) is 0 Å². The molecule has 0 radical (unpaired) electrons. The predicted octanol–water partition coefficient (Wildman–Crippen LogP) is 0.391. The van der Waals surface area contributed by atoms with Crippen molar-refractivity contribution in [1.29, 1.82) is 0 Å². The summed E-state index contributed by atoms with van der Waals surface area (Å²) in [5.41, 5.74) is 0. The van der Waals surface area contributed by atoms with Gasteiger partial charge in [-0.2, -0.15) is 5.26 Å². The van der Waals surface area contributed by atoms with E-state index in [0.717, 1.165) is 4.90 Å². The Labute approximate surface area is 69.3 Å². The van der Waals surface area contributed by atoms with Crippen molar-refractivity contribution in [3.8, 4) is 0 Å². The number of carboxylic acid groups (broad SMARTS) is 1. The van der Waals surface area contributed by atoms with Gasteiger partial charge in [-0.1, -0.05) is 6.92 Å². The topological polar surface area (TPSA) is 87.1 Å². The first-order valence-corrected chi connectivity index (χ1v) is 3.35. The van der Waals surface area contributed by atoms with Gasteiger partial charge in [0, 0.05) is 7.05 Å². The fourth-order valence-corrected chi connectivity index (χ4v) is 0.793. The number of likely N-dealkylation sites (N-methyl/N-ethyl adjacent to an activating group) is 1. The molecule has 0 bridgehead atoms. The number of carbonyl (C=O) groups excluding carboxylic acids is 1. The molecule has 0 aromatic heterocycles. The van der Waals surface area contributed by atoms with Crippen molar-refractivity contribution in [3.63, 3.8) is 0 Å². The highest BCUT2D eigenvalue weighted by Gasteiger charge is 2.26. The van der Waals surface area contributed by atoms with Crippen LogP contribution >= 0.6 is 0 Å². The molecule has 0 heterocycles. The van der Waals surface area contributed by atoms with Crippen molar-refractivity contribution < 1.29 is 24.8 Å². The average molecular weight is 177 g/mol. The van der Waals surface area contributed by atoms with Crippen LogP contribution in [0.15, 0.2) is 0 Å². The molecular formula is C6H11NO5. The van der Waals surface area contributed by atoms with Gasteiger partial charge < -0.3 is 5.11 Å². The molecule has 6 heteroatoms. The molecule has 0 fully saturated rings. The summed E-state index contributed by atoms with van der Waals surface area (Å²) in [6.45, 7) is 1.61. The number of amides is 1. The highest BCUT2D eigenvalue weighted by atomic mass is 17.1. The maximum Gasteiger partial charge on any atom is 0.407 e. The summed E-state index contributed by atoms with van der Waals surface area (Å²) in [6.07, 6.45) is -0.991. The van der Waals surface area contributed by atoms with Gasteiger partial charge in [0.15, 0.2) is 0 Å². The molecule has 0 saturated heterocycles. The van der Waals surface area contributed by atoms with E-state index in [1.807, 2.05) is 0 Å². The van der Waals surface area contributed by atoms with Gasteiger partial charge in [0.25, 0.3) is 0 Å². The molecule has 0 spiro atoms. The van der Waals surface area contributed by atoms with Crippen LogP contribution in [-0.2, 0) is 9.68 Å². The van der Waals surface area contributed by atoms with Crippen molar-refractivity contribution in [2.45, 2.75) is 19.4 Å². The normalized spacial score (nSPS) is 11.9. The lowest BCUT2D eigenvalue weighted by Gasteiger charge is -2.20. The van der Waals surface area contributed by atoms with Crippen molar-refractivity contribution >= 4 is 12.1 Å². The Hall–Kier alpha value is -1.30. The summed E-state index contributed by atoms with van der Waals surface area (Å²) in [5.74, 6) is -0.970. The summed E-state index contributed by atoms with van der Waals surface area (Å²) in [4.78, 5) is 25.3. The van der Waals surface area contributed by atoms with E-state index >= 15 is 0 Å². The Balaban J connectivity index is 4.33. The molecule has 0 aliphatic carbocycles. The van der Waals surface area contributed by atoms with E-state index in [2.05, 4.69) is 4.89 Å². The van der Waals surface area contributed by atoms with Crippen molar-refractivity contribution in [2.75, 3.05) is 7.05 Å². The van der Waals surface area contributed by atoms with E-state index in [0.29, 0.717) is 0 Å². The summed E-state index contributed by atoms with van der Waals surface area (Å²) in [5, 5.41) is 16.5. The first-order valence-electron chi connectivity index (χ1n) is 3.35. The Kier molecular flexibility index (Phi) is 4.06. The Morgan fingerprint density at radius 1 is 1.58 bits per heavy atom. The summed E-state index contributed by atoms with van der Waals surface area (Å²) < 4.78 is 0. The van der Waals surface area contributed by atoms with E-state index in [-0.39, 0.29) is 6.42 Å². The zero-order chi connectivity index (χ0) is 9.72. The van der Waals surface area contributed by atoms with Crippen LogP contribution in [0.4, 0.5) is 4.79 Å². The minimum Gasteiger partial charge on any atom is -0.465 e. The standard InChI is InChI=1S/C6H11NO5/c1-3-4(5(8)12-11)7(2)6(9)10/h4,11H,3H2,1-2H3,(H,9,10)/t4-/m0/s1. The molecule has 1 atom stereocenters. The molecule has 0 rings (SSSR count). The lowest BCUT2D eigenvalue weighted by Crippen LogP contribution is -2.41. The van der Waals surface area contributed by atoms with Crippen LogP contribution in [0.3, 0.4) is 0 Å².